The first-order valence-electron chi connectivity index (χ1n) is 6.66. The molecule has 0 saturated carbocycles. The Bertz CT molecular complexity index is 844. The zero-order valence-electron chi connectivity index (χ0n) is 11.9. The molecule has 0 radical (unpaired) electrons. The molecule has 0 aliphatic carbocycles. The lowest BCUT2D eigenvalue weighted by Gasteiger charge is -2.00. The molecule has 0 fully saturated rings. The van der Waals surface area contributed by atoms with E-state index in [1.165, 1.54) is 10.9 Å². The molecule has 3 rings (SSSR count). The number of nitrogens with zero attached hydrogens (tertiary/aromatic N) is 1. The molecule has 0 aliphatic rings. The molecule has 2 aromatic carbocycles. The Balaban J connectivity index is 0.00000176. The Hall–Kier alpha value is -1.10. The summed E-state index contributed by atoms with van der Waals surface area (Å²) in [5, 5.41) is 2.37. The lowest BCUT2D eigenvalue weighted by atomic mass is 10.1. The van der Waals surface area contributed by atoms with Gasteiger partial charge in [-0.25, -0.2) is 0 Å². The Morgan fingerprint density at radius 2 is 1.64 bits per heavy atom. The van der Waals surface area contributed by atoms with Crippen LogP contribution in [0.15, 0.2) is 54.6 Å². The third-order valence-corrected chi connectivity index (χ3v) is 4.25. The van der Waals surface area contributed by atoms with Crippen molar-refractivity contribution in [2.75, 3.05) is 0 Å². The first-order chi connectivity index (χ1) is 10.1. The number of para-hydroxylation sites is 1. The molecule has 1 nitrogen and oxygen atoms in total. The maximum atomic E-state index is 6.03. The summed E-state index contributed by atoms with van der Waals surface area (Å²) in [6.45, 7) is 0. The van der Waals surface area contributed by atoms with Crippen LogP contribution in [0.25, 0.3) is 23.1 Å². The maximum Gasteiger partial charge on any atom is 0.212 e. The SMILES string of the molecule is C[n+]1c(/C=C/c2ccc(Cl)c(Cl)c2)ccc2ccccc21.[I-]. The average Bonchev–Trinajstić information content (AvgIpc) is 2.50. The largest absolute Gasteiger partial charge is 1.00 e. The molecule has 0 saturated heterocycles. The Labute approximate surface area is 157 Å². The van der Waals surface area contributed by atoms with Gasteiger partial charge in [0.1, 0.15) is 7.05 Å². The van der Waals surface area contributed by atoms with Crippen LogP contribution in [0.2, 0.25) is 10.0 Å². The molecule has 0 unspecified atom stereocenters. The summed E-state index contributed by atoms with van der Waals surface area (Å²) in [6, 6.07) is 18.2. The van der Waals surface area contributed by atoms with Gasteiger partial charge in [-0.05, 0) is 35.9 Å². The first kappa shape index (κ1) is 17.3. The van der Waals surface area contributed by atoms with E-state index in [-0.39, 0.29) is 24.0 Å². The fourth-order valence-corrected chi connectivity index (χ4v) is 2.63. The third kappa shape index (κ3) is 3.62. The number of hydrogen-bond acceptors (Lipinski definition) is 0. The van der Waals surface area contributed by atoms with Crippen LogP contribution in [0.3, 0.4) is 0 Å². The number of fused-ring (bicyclic) bond motifs is 1. The molecule has 0 bridgehead atoms. The molecule has 112 valence electrons. The van der Waals surface area contributed by atoms with Crippen LogP contribution in [0.5, 0.6) is 0 Å². The van der Waals surface area contributed by atoms with Gasteiger partial charge in [0.15, 0.2) is 0 Å². The van der Waals surface area contributed by atoms with Gasteiger partial charge >= 0.3 is 0 Å². The van der Waals surface area contributed by atoms with Crippen LogP contribution in [-0.2, 0) is 7.05 Å². The highest BCUT2D eigenvalue weighted by Gasteiger charge is 2.08. The van der Waals surface area contributed by atoms with Crippen molar-refractivity contribution >= 4 is 46.3 Å². The molecule has 4 heteroatoms. The molecular weight excluding hydrogens is 428 g/mol. The highest BCUT2D eigenvalue weighted by Crippen LogP contribution is 2.23. The van der Waals surface area contributed by atoms with Gasteiger partial charge in [-0.1, -0.05) is 41.4 Å². The number of halogens is 3. The van der Waals surface area contributed by atoms with E-state index in [1.807, 2.05) is 30.3 Å². The van der Waals surface area contributed by atoms with E-state index in [0.29, 0.717) is 10.0 Å². The quantitative estimate of drug-likeness (QED) is 0.423. The van der Waals surface area contributed by atoms with Gasteiger partial charge in [0.2, 0.25) is 11.2 Å². The summed E-state index contributed by atoms with van der Waals surface area (Å²) in [5.74, 6) is 0. The van der Waals surface area contributed by atoms with E-state index in [9.17, 15) is 0 Å². The molecular formula is C18H14Cl2IN. The summed E-state index contributed by atoms with van der Waals surface area (Å²) in [6.07, 6.45) is 4.11. The normalized spacial score (nSPS) is 10.9. The molecule has 0 aliphatic heterocycles. The molecule has 0 N–H and O–H groups in total. The predicted octanol–water partition coefficient (Wildman–Crippen LogP) is 2.15. The topological polar surface area (TPSA) is 3.88 Å². The van der Waals surface area contributed by atoms with E-state index >= 15 is 0 Å². The van der Waals surface area contributed by atoms with Gasteiger partial charge in [-0.2, -0.15) is 4.57 Å². The highest BCUT2D eigenvalue weighted by molar-refractivity contribution is 6.42. The minimum atomic E-state index is 0. The van der Waals surface area contributed by atoms with Crippen molar-refractivity contribution in [3.8, 4) is 0 Å². The van der Waals surface area contributed by atoms with Gasteiger partial charge in [0.05, 0.1) is 10.0 Å². The van der Waals surface area contributed by atoms with Crippen molar-refractivity contribution in [3.05, 3.63) is 75.9 Å². The van der Waals surface area contributed by atoms with Crippen LogP contribution in [0, 0.1) is 0 Å². The number of benzene rings is 2. The molecule has 0 spiro atoms. The fraction of sp³-hybridized carbons (Fsp3) is 0.0556. The standard InChI is InChI=1S/C18H14Cl2N.HI/c1-21-15(10-8-14-4-2-3-5-18(14)21)9-6-13-7-11-16(19)17(20)12-13;/h2-12H,1H3;1H/q+1;/p-1/b9-6+;. The van der Waals surface area contributed by atoms with Crippen molar-refractivity contribution in [3.63, 3.8) is 0 Å². The van der Waals surface area contributed by atoms with Gasteiger partial charge < -0.3 is 24.0 Å². The van der Waals surface area contributed by atoms with Crippen LogP contribution in [-0.4, -0.2) is 0 Å². The Morgan fingerprint density at radius 3 is 2.41 bits per heavy atom. The second-order valence-corrected chi connectivity index (χ2v) is 5.70. The number of rotatable bonds is 2. The minimum Gasteiger partial charge on any atom is -1.00 e. The molecule has 0 amide bonds. The zero-order valence-corrected chi connectivity index (χ0v) is 15.6. The van der Waals surface area contributed by atoms with Gasteiger partial charge in [0.25, 0.3) is 0 Å². The molecule has 1 heterocycles. The van der Waals surface area contributed by atoms with Crippen LogP contribution in [0.1, 0.15) is 11.3 Å². The van der Waals surface area contributed by atoms with Crippen molar-refractivity contribution < 1.29 is 28.5 Å². The van der Waals surface area contributed by atoms with E-state index < -0.39 is 0 Å². The Morgan fingerprint density at radius 1 is 0.864 bits per heavy atom. The average molecular weight is 442 g/mol. The van der Waals surface area contributed by atoms with E-state index in [4.69, 9.17) is 23.2 Å². The fourth-order valence-electron chi connectivity index (χ4n) is 2.32. The highest BCUT2D eigenvalue weighted by atomic mass is 127. The van der Waals surface area contributed by atoms with Crippen molar-refractivity contribution in [2.24, 2.45) is 7.05 Å². The van der Waals surface area contributed by atoms with Crippen molar-refractivity contribution in [1.82, 2.24) is 0 Å². The third-order valence-electron chi connectivity index (χ3n) is 3.51. The zero-order chi connectivity index (χ0) is 14.8. The summed E-state index contributed by atoms with van der Waals surface area (Å²) >= 11 is 12.0. The van der Waals surface area contributed by atoms with Crippen molar-refractivity contribution in [1.29, 1.82) is 0 Å². The minimum absolute atomic E-state index is 0. The van der Waals surface area contributed by atoms with E-state index in [1.54, 1.807) is 0 Å². The molecule has 22 heavy (non-hydrogen) atoms. The number of aromatic nitrogens is 1. The van der Waals surface area contributed by atoms with Gasteiger partial charge in [-0.15, -0.1) is 0 Å². The smallest absolute Gasteiger partial charge is 0.212 e. The van der Waals surface area contributed by atoms with Crippen LogP contribution < -0.4 is 28.5 Å². The second kappa shape index (κ2) is 7.44. The lowest BCUT2D eigenvalue weighted by Crippen LogP contribution is -3.00. The lowest BCUT2D eigenvalue weighted by molar-refractivity contribution is -0.646. The second-order valence-electron chi connectivity index (χ2n) is 4.88. The molecule has 0 atom stereocenters. The number of aryl methyl sites for hydroxylation is 1. The van der Waals surface area contributed by atoms with Gasteiger partial charge in [-0.3, -0.25) is 0 Å². The summed E-state index contributed by atoms with van der Waals surface area (Å²) in [4.78, 5) is 0. The van der Waals surface area contributed by atoms with Crippen molar-refractivity contribution in [2.45, 2.75) is 0 Å². The summed E-state index contributed by atoms with van der Waals surface area (Å²) in [7, 11) is 2.07. The summed E-state index contributed by atoms with van der Waals surface area (Å²) in [5.41, 5.74) is 3.35. The maximum absolute atomic E-state index is 6.03. The van der Waals surface area contributed by atoms with E-state index in [2.05, 4.69) is 48.0 Å². The monoisotopic (exact) mass is 441 g/mol. The van der Waals surface area contributed by atoms with E-state index in [0.717, 1.165) is 11.3 Å². The number of hydrogen-bond donors (Lipinski definition) is 0. The molecule has 3 aromatic rings. The summed E-state index contributed by atoms with van der Waals surface area (Å²) < 4.78 is 2.17. The first-order valence-corrected chi connectivity index (χ1v) is 7.42. The van der Waals surface area contributed by atoms with Gasteiger partial charge in [0, 0.05) is 23.6 Å². The predicted molar refractivity (Wildman–Crippen MR) is 90.5 cm³/mol. The molecule has 1 aromatic heterocycles. The van der Waals surface area contributed by atoms with Crippen LogP contribution in [0.4, 0.5) is 0 Å². The van der Waals surface area contributed by atoms with Crippen LogP contribution >= 0.6 is 23.2 Å². The Kier molecular flexibility index (Phi) is 5.84. The number of pyridine rings is 1.